The first-order chi connectivity index (χ1) is 9.08. The molecule has 0 atom stereocenters. The second kappa shape index (κ2) is 6.56. The Morgan fingerprint density at radius 3 is 2.32 bits per heavy atom. The van der Waals surface area contributed by atoms with Crippen molar-refractivity contribution in [1.82, 2.24) is 9.97 Å². The lowest BCUT2D eigenvalue weighted by molar-refractivity contribution is 0.174. The van der Waals surface area contributed by atoms with Gasteiger partial charge in [0.25, 0.3) is 0 Å². The molecule has 1 aliphatic rings. The van der Waals surface area contributed by atoms with Gasteiger partial charge in [-0.2, -0.15) is 4.98 Å². The Bertz CT molecular complexity index is 426. The molecule has 0 aliphatic heterocycles. The highest BCUT2D eigenvalue weighted by molar-refractivity contribution is 6.30. The predicted molar refractivity (Wildman–Crippen MR) is 78.0 cm³/mol. The van der Waals surface area contributed by atoms with Crippen molar-refractivity contribution in [1.29, 1.82) is 0 Å². The zero-order chi connectivity index (χ0) is 13.8. The molecule has 0 bridgehead atoms. The van der Waals surface area contributed by atoms with Crippen molar-refractivity contribution in [2.24, 2.45) is 0 Å². The summed E-state index contributed by atoms with van der Waals surface area (Å²) in [5.74, 6) is 1.70. The summed E-state index contributed by atoms with van der Waals surface area (Å²) in [5.41, 5.74) is 0.857. The summed E-state index contributed by atoms with van der Waals surface area (Å²) < 4.78 is 6.10. The summed E-state index contributed by atoms with van der Waals surface area (Å²) in [4.78, 5) is 8.86. The van der Waals surface area contributed by atoms with Crippen LogP contribution in [0.4, 0.5) is 0 Å². The normalized spacial score (nSPS) is 17.5. The van der Waals surface area contributed by atoms with Crippen LogP contribution in [-0.2, 0) is 0 Å². The van der Waals surface area contributed by atoms with Crippen molar-refractivity contribution in [3.63, 3.8) is 0 Å². The van der Waals surface area contributed by atoms with Gasteiger partial charge >= 0.3 is 0 Å². The largest absolute Gasteiger partial charge is 0.474 e. The van der Waals surface area contributed by atoms with Gasteiger partial charge < -0.3 is 4.74 Å². The molecule has 1 fully saturated rings. The van der Waals surface area contributed by atoms with Gasteiger partial charge in [-0.1, -0.05) is 38.3 Å². The third kappa shape index (κ3) is 3.82. The molecule has 19 heavy (non-hydrogen) atoms. The first kappa shape index (κ1) is 14.6. The van der Waals surface area contributed by atoms with Gasteiger partial charge in [0.1, 0.15) is 17.1 Å². The lowest BCUT2D eigenvalue weighted by atomic mass is 10.1. The van der Waals surface area contributed by atoms with Crippen molar-refractivity contribution >= 4 is 11.6 Å². The van der Waals surface area contributed by atoms with Crippen LogP contribution >= 0.6 is 11.6 Å². The molecule has 1 aromatic heterocycles. The number of aromatic nitrogens is 2. The minimum Gasteiger partial charge on any atom is -0.474 e. The standard InChI is InChI=1S/C15H23ClN2O/c1-10(2)14-17-13(16)11(3)15(18-14)19-12-8-6-4-5-7-9-12/h10,12H,4-9H2,1-3H3. The lowest BCUT2D eigenvalue weighted by Gasteiger charge is -2.19. The van der Waals surface area contributed by atoms with Gasteiger partial charge in [0, 0.05) is 11.5 Å². The third-order valence-electron chi connectivity index (χ3n) is 3.66. The molecule has 0 amide bonds. The number of halogens is 1. The molecule has 0 aromatic carbocycles. The van der Waals surface area contributed by atoms with E-state index in [1.165, 1.54) is 25.7 Å². The SMILES string of the molecule is Cc1c(Cl)nc(C(C)C)nc1OC1CCCCCC1. The van der Waals surface area contributed by atoms with Gasteiger partial charge in [-0.25, -0.2) is 4.98 Å². The van der Waals surface area contributed by atoms with Crippen LogP contribution in [0.3, 0.4) is 0 Å². The number of hydrogen-bond acceptors (Lipinski definition) is 3. The Kier molecular flexibility index (Phi) is 5.03. The predicted octanol–water partition coefficient (Wildman–Crippen LogP) is 4.66. The lowest BCUT2D eigenvalue weighted by Crippen LogP contribution is -2.17. The van der Waals surface area contributed by atoms with E-state index in [9.17, 15) is 0 Å². The Morgan fingerprint density at radius 1 is 1.11 bits per heavy atom. The smallest absolute Gasteiger partial charge is 0.221 e. The van der Waals surface area contributed by atoms with Crippen LogP contribution in [0.25, 0.3) is 0 Å². The van der Waals surface area contributed by atoms with Crippen LogP contribution in [0.1, 0.15) is 69.7 Å². The van der Waals surface area contributed by atoms with Gasteiger partial charge in [-0.15, -0.1) is 0 Å². The highest BCUT2D eigenvalue weighted by atomic mass is 35.5. The second-order valence-electron chi connectivity index (χ2n) is 5.69. The van der Waals surface area contributed by atoms with Crippen LogP contribution in [-0.4, -0.2) is 16.1 Å². The molecule has 0 radical (unpaired) electrons. The quantitative estimate of drug-likeness (QED) is 0.597. The van der Waals surface area contributed by atoms with Gasteiger partial charge in [-0.3, -0.25) is 0 Å². The topological polar surface area (TPSA) is 35.0 Å². The molecule has 1 aromatic rings. The average Bonchev–Trinajstić information content (AvgIpc) is 2.63. The molecule has 0 unspecified atom stereocenters. The minimum atomic E-state index is 0.259. The number of ether oxygens (including phenoxy) is 1. The second-order valence-corrected chi connectivity index (χ2v) is 6.05. The maximum Gasteiger partial charge on any atom is 0.221 e. The molecule has 0 N–H and O–H groups in total. The van der Waals surface area contributed by atoms with E-state index in [1.807, 2.05) is 6.92 Å². The van der Waals surface area contributed by atoms with Crippen LogP contribution in [0.5, 0.6) is 5.88 Å². The zero-order valence-electron chi connectivity index (χ0n) is 12.1. The highest BCUT2D eigenvalue weighted by Gasteiger charge is 2.18. The average molecular weight is 283 g/mol. The maximum absolute atomic E-state index is 6.18. The van der Waals surface area contributed by atoms with Gasteiger partial charge in [0.05, 0.1) is 0 Å². The van der Waals surface area contributed by atoms with Crippen molar-refractivity contribution in [2.45, 2.75) is 71.3 Å². The van der Waals surface area contributed by atoms with Gasteiger partial charge in [0.2, 0.25) is 5.88 Å². The van der Waals surface area contributed by atoms with Crippen molar-refractivity contribution < 1.29 is 4.74 Å². The summed E-state index contributed by atoms with van der Waals surface area (Å²) in [6, 6.07) is 0. The molecule has 0 saturated heterocycles. The van der Waals surface area contributed by atoms with E-state index in [0.717, 1.165) is 24.2 Å². The highest BCUT2D eigenvalue weighted by Crippen LogP contribution is 2.28. The molecule has 0 spiro atoms. The molecular weight excluding hydrogens is 260 g/mol. The maximum atomic E-state index is 6.18. The minimum absolute atomic E-state index is 0.259. The summed E-state index contributed by atoms with van der Waals surface area (Å²) in [6.07, 6.45) is 7.67. The van der Waals surface area contributed by atoms with Crippen LogP contribution < -0.4 is 4.74 Å². The Morgan fingerprint density at radius 2 is 1.74 bits per heavy atom. The zero-order valence-corrected chi connectivity index (χ0v) is 12.8. The molecule has 1 saturated carbocycles. The fourth-order valence-corrected chi connectivity index (χ4v) is 2.54. The molecule has 1 aliphatic carbocycles. The molecule has 106 valence electrons. The van der Waals surface area contributed by atoms with E-state index in [4.69, 9.17) is 16.3 Å². The molecular formula is C15H23ClN2O. The number of hydrogen-bond donors (Lipinski definition) is 0. The summed E-state index contributed by atoms with van der Waals surface area (Å²) in [7, 11) is 0. The van der Waals surface area contributed by atoms with E-state index in [0.29, 0.717) is 11.0 Å². The molecule has 3 nitrogen and oxygen atoms in total. The summed E-state index contributed by atoms with van der Waals surface area (Å²) >= 11 is 6.18. The van der Waals surface area contributed by atoms with Crippen LogP contribution in [0.2, 0.25) is 5.15 Å². The first-order valence-corrected chi connectivity index (χ1v) is 7.66. The fraction of sp³-hybridized carbons (Fsp3) is 0.733. The number of nitrogens with zero attached hydrogens (tertiary/aromatic N) is 2. The fourth-order valence-electron chi connectivity index (χ4n) is 2.38. The third-order valence-corrected chi connectivity index (χ3v) is 4.02. The Hall–Kier alpha value is -0.830. The van der Waals surface area contributed by atoms with Gasteiger partial charge in [0.15, 0.2) is 0 Å². The van der Waals surface area contributed by atoms with E-state index >= 15 is 0 Å². The van der Waals surface area contributed by atoms with E-state index in [1.54, 1.807) is 0 Å². The Labute approximate surface area is 120 Å². The van der Waals surface area contributed by atoms with Crippen molar-refractivity contribution in [2.75, 3.05) is 0 Å². The van der Waals surface area contributed by atoms with Crippen LogP contribution in [0.15, 0.2) is 0 Å². The summed E-state index contributed by atoms with van der Waals surface area (Å²) in [6.45, 7) is 6.06. The van der Waals surface area contributed by atoms with Gasteiger partial charge in [-0.05, 0) is 32.6 Å². The summed E-state index contributed by atoms with van der Waals surface area (Å²) in [5, 5.41) is 0.516. The molecule has 4 heteroatoms. The number of rotatable bonds is 3. The van der Waals surface area contributed by atoms with Crippen LogP contribution in [0, 0.1) is 6.92 Å². The molecule has 2 rings (SSSR count). The Balaban J connectivity index is 2.18. The monoisotopic (exact) mass is 282 g/mol. The van der Waals surface area contributed by atoms with E-state index in [-0.39, 0.29) is 12.0 Å². The van der Waals surface area contributed by atoms with E-state index in [2.05, 4.69) is 23.8 Å². The first-order valence-electron chi connectivity index (χ1n) is 7.28. The van der Waals surface area contributed by atoms with Crippen molar-refractivity contribution in [3.05, 3.63) is 16.5 Å². The van der Waals surface area contributed by atoms with E-state index < -0.39 is 0 Å². The molecule has 1 heterocycles. The van der Waals surface area contributed by atoms with Crippen molar-refractivity contribution in [3.8, 4) is 5.88 Å².